The van der Waals surface area contributed by atoms with Crippen molar-refractivity contribution in [3.8, 4) is 0 Å². The Morgan fingerprint density at radius 3 is 2.62 bits per heavy atom. The number of rotatable bonds is 5. The van der Waals surface area contributed by atoms with Gasteiger partial charge in [-0.3, -0.25) is 4.98 Å². The monoisotopic (exact) mass is 262 g/mol. The molecular weight excluding hydrogens is 244 g/mol. The van der Waals surface area contributed by atoms with E-state index in [9.17, 15) is 8.42 Å². The molecule has 0 saturated heterocycles. The largest absolute Gasteiger partial charge is 0.311 e. The predicted octanol–water partition coefficient (Wildman–Crippen LogP) is 1.45. The zero-order chi connectivity index (χ0) is 12.2. The molecule has 1 heterocycles. The van der Waals surface area contributed by atoms with Gasteiger partial charge in [-0.15, -0.1) is 11.3 Å². The van der Waals surface area contributed by atoms with E-state index in [2.05, 4.69) is 10.3 Å². The quantitative estimate of drug-likeness (QED) is 0.816. The van der Waals surface area contributed by atoms with Gasteiger partial charge >= 0.3 is 0 Å². The molecule has 0 fully saturated rings. The standard InChI is InChI=1S/C10H18N2O2S2/c1-10(2,3)16(13,14)5-4-11-6-9-7-12-8-15-9/h7-8,11H,4-6H2,1-3H3. The van der Waals surface area contributed by atoms with E-state index in [-0.39, 0.29) is 5.75 Å². The number of hydrogen-bond donors (Lipinski definition) is 1. The summed E-state index contributed by atoms with van der Waals surface area (Å²) < 4.78 is 22.9. The normalized spacial score (nSPS) is 12.9. The molecule has 1 aromatic rings. The first-order chi connectivity index (χ1) is 7.33. The van der Waals surface area contributed by atoms with E-state index in [0.717, 1.165) is 4.88 Å². The lowest BCUT2D eigenvalue weighted by Crippen LogP contribution is -2.34. The van der Waals surface area contributed by atoms with Gasteiger partial charge in [0.05, 0.1) is 16.0 Å². The highest BCUT2D eigenvalue weighted by Gasteiger charge is 2.27. The second-order valence-corrected chi connectivity index (χ2v) is 8.41. The van der Waals surface area contributed by atoms with Gasteiger partial charge in [-0.25, -0.2) is 8.42 Å². The summed E-state index contributed by atoms with van der Waals surface area (Å²) in [6.07, 6.45) is 1.79. The Morgan fingerprint density at radius 1 is 1.44 bits per heavy atom. The summed E-state index contributed by atoms with van der Waals surface area (Å²) in [6, 6.07) is 0. The van der Waals surface area contributed by atoms with Crippen LogP contribution in [0.4, 0.5) is 0 Å². The molecule has 0 radical (unpaired) electrons. The Kier molecular flexibility index (Phi) is 4.46. The zero-order valence-electron chi connectivity index (χ0n) is 9.86. The molecule has 6 heteroatoms. The summed E-state index contributed by atoms with van der Waals surface area (Å²) >= 11 is 1.56. The minimum atomic E-state index is -3.01. The molecule has 0 bridgehead atoms. The maximum Gasteiger partial charge on any atom is 0.156 e. The van der Waals surface area contributed by atoms with Gasteiger partial charge in [-0.05, 0) is 20.8 Å². The number of sulfone groups is 1. The highest BCUT2D eigenvalue weighted by atomic mass is 32.2. The Balaban J connectivity index is 2.31. The van der Waals surface area contributed by atoms with Crippen LogP contribution in [0.1, 0.15) is 25.6 Å². The van der Waals surface area contributed by atoms with Crippen molar-refractivity contribution in [2.45, 2.75) is 32.1 Å². The highest BCUT2D eigenvalue weighted by Crippen LogP contribution is 2.15. The lowest BCUT2D eigenvalue weighted by molar-refractivity contribution is 0.556. The van der Waals surface area contributed by atoms with Crippen molar-refractivity contribution in [2.75, 3.05) is 12.3 Å². The molecule has 0 amide bonds. The van der Waals surface area contributed by atoms with Crippen molar-refractivity contribution in [3.63, 3.8) is 0 Å². The second-order valence-electron chi connectivity index (χ2n) is 4.58. The van der Waals surface area contributed by atoms with Gasteiger partial charge in [-0.2, -0.15) is 0 Å². The summed E-state index contributed by atoms with van der Waals surface area (Å²) in [4.78, 5) is 5.07. The first-order valence-corrected chi connectivity index (χ1v) is 7.66. The lowest BCUT2D eigenvalue weighted by atomic mass is 10.3. The van der Waals surface area contributed by atoms with Crippen LogP contribution < -0.4 is 5.32 Å². The Hall–Kier alpha value is -0.460. The third kappa shape index (κ3) is 3.84. The topological polar surface area (TPSA) is 59.1 Å². The molecule has 0 aliphatic heterocycles. The fourth-order valence-electron chi connectivity index (χ4n) is 1.05. The van der Waals surface area contributed by atoms with Gasteiger partial charge in [0.2, 0.25) is 0 Å². The van der Waals surface area contributed by atoms with Crippen LogP contribution in [0.3, 0.4) is 0 Å². The lowest BCUT2D eigenvalue weighted by Gasteiger charge is -2.19. The minimum absolute atomic E-state index is 0.176. The van der Waals surface area contributed by atoms with Gasteiger partial charge < -0.3 is 5.32 Å². The average Bonchev–Trinajstić information content (AvgIpc) is 2.63. The van der Waals surface area contributed by atoms with Gasteiger partial charge in [0.1, 0.15) is 0 Å². The summed E-state index contributed by atoms with van der Waals surface area (Å²) in [6.45, 7) is 6.35. The summed E-state index contributed by atoms with van der Waals surface area (Å²) in [7, 11) is -3.01. The molecule has 1 aromatic heterocycles. The minimum Gasteiger partial charge on any atom is -0.311 e. The van der Waals surface area contributed by atoms with E-state index >= 15 is 0 Å². The van der Waals surface area contributed by atoms with Gasteiger partial charge in [0.25, 0.3) is 0 Å². The van der Waals surface area contributed by atoms with E-state index in [1.165, 1.54) is 0 Å². The molecule has 4 nitrogen and oxygen atoms in total. The molecule has 0 aromatic carbocycles. The van der Waals surface area contributed by atoms with Crippen molar-refractivity contribution in [3.05, 3.63) is 16.6 Å². The zero-order valence-corrected chi connectivity index (χ0v) is 11.5. The molecule has 0 saturated carbocycles. The maximum absolute atomic E-state index is 11.8. The summed E-state index contributed by atoms with van der Waals surface area (Å²) in [5.41, 5.74) is 1.77. The third-order valence-electron chi connectivity index (χ3n) is 2.26. The van der Waals surface area contributed by atoms with Crippen molar-refractivity contribution in [1.82, 2.24) is 10.3 Å². The summed E-state index contributed by atoms with van der Waals surface area (Å²) in [5, 5.41) is 3.11. The van der Waals surface area contributed by atoms with E-state index in [1.807, 2.05) is 0 Å². The van der Waals surface area contributed by atoms with E-state index in [1.54, 1.807) is 43.8 Å². The number of hydrogen-bond acceptors (Lipinski definition) is 5. The highest BCUT2D eigenvalue weighted by molar-refractivity contribution is 7.92. The molecule has 0 spiro atoms. The van der Waals surface area contributed by atoms with Crippen LogP contribution in [0.5, 0.6) is 0 Å². The van der Waals surface area contributed by atoms with Crippen LogP contribution in [0.25, 0.3) is 0 Å². The van der Waals surface area contributed by atoms with E-state index in [4.69, 9.17) is 0 Å². The molecule has 0 unspecified atom stereocenters. The summed E-state index contributed by atoms with van der Waals surface area (Å²) in [5.74, 6) is 0.176. The van der Waals surface area contributed by atoms with Crippen LogP contribution in [-0.2, 0) is 16.4 Å². The van der Waals surface area contributed by atoms with Crippen molar-refractivity contribution < 1.29 is 8.42 Å². The molecule has 16 heavy (non-hydrogen) atoms. The SMILES string of the molecule is CC(C)(C)S(=O)(=O)CCNCc1cncs1. The molecule has 1 rings (SSSR count). The fraction of sp³-hybridized carbons (Fsp3) is 0.700. The molecular formula is C10H18N2O2S2. The van der Waals surface area contributed by atoms with Crippen LogP contribution in [-0.4, -0.2) is 30.4 Å². The van der Waals surface area contributed by atoms with Gasteiger partial charge in [0.15, 0.2) is 9.84 Å². The van der Waals surface area contributed by atoms with Crippen molar-refractivity contribution in [1.29, 1.82) is 0 Å². The van der Waals surface area contributed by atoms with Crippen LogP contribution in [0.2, 0.25) is 0 Å². The van der Waals surface area contributed by atoms with E-state index in [0.29, 0.717) is 13.1 Å². The molecule has 0 atom stereocenters. The molecule has 1 N–H and O–H groups in total. The van der Waals surface area contributed by atoms with E-state index < -0.39 is 14.6 Å². The Labute approximate surface area is 101 Å². The Morgan fingerprint density at radius 2 is 2.12 bits per heavy atom. The number of thiazole rings is 1. The first kappa shape index (κ1) is 13.6. The average molecular weight is 262 g/mol. The molecule has 0 aliphatic rings. The Bertz CT molecular complexity index is 405. The van der Waals surface area contributed by atoms with Crippen LogP contribution in [0, 0.1) is 0 Å². The van der Waals surface area contributed by atoms with Gasteiger partial charge in [-0.1, -0.05) is 0 Å². The second kappa shape index (κ2) is 5.25. The fourth-order valence-corrected chi connectivity index (χ4v) is 2.64. The first-order valence-electron chi connectivity index (χ1n) is 5.13. The van der Waals surface area contributed by atoms with Crippen LogP contribution >= 0.6 is 11.3 Å². The smallest absolute Gasteiger partial charge is 0.156 e. The van der Waals surface area contributed by atoms with Gasteiger partial charge in [0, 0.05) is 24.2 Å². The maximum atomic E-state index is 11.8. The van der Waals surface area contributed by atoms with Crippen molar-refractivity contribution in [2.24, 2.45) is 0 Å². The number of nitrogens with one attached hydrogen (secondary N) is 1. The number of nitrogens with zero attached hydrogens (tertiary/aromatic N) is 1. The molecule has 0 aliphatic carbocycles. The molecule has 92 valence electrons. The number of aromatic nitrogens is 1. The van der Waals surface area contributed by atoms with Crippen LogP contribution in [0.15, 0.2) is 11.7 Å². The third-order valence-corrected chi connectivity index (χ3v) is 5.65. The predicted molar refractivity (Wildman–Crippen MR) is 67.4 cm³/mol. The van der Waals surface area contributed by atoms with Crippen molar-refractivity contribution >= 4 is 21.2 Å².